The maximum Gasteiger partial charge on any atom is 0.418 e. The number of halogens is 4. The molecule has 3 atom stereocenters. The third-order valence-corrected chi connectivity index (χ3v) is 9.30. The monoisotopic (exact) mass is 597 g/mol. The number of benzene rings is 1. The Morgan fingerprint density at radius 2 is 2.00 bits per heavy atom. The number of rotatable bonds is 6. The number of nitrogens with zero attached hydrogens (tertiary/aromatic N) is 4. The molecular formula is C32H35F4N5O2. The summed E-state index contributed by atoms with van der Waals surface area (Å²) < 4.78 is 61.5. The molecule has 1 N–H and O–H groups in total. The van der Waals surface area contributed by atoms with E-state index < -0.39 is 23.0 Å². The zero-order valence-corrected chi connectivity index (χ0v) is 24.3. The Morgan fingerprint density at radius 3 is 2.72 bits per heavy atom. The van der Waals surface area contributed by atoms with Crippen molar-refractivity contribution in [2.75, 3.05) is 44.2 Å². The first-order valence-electron chi connectivity index (χ1n) is 14.9. The van der Waals surface area contributed by atoms with Crippen LogP contribution in [0.1, 0.15) is 54.7 Å². The molecule has 3 aromatic rings. The topological polar surface area (TPSA) is 70.6 Å². The van der Waals surface area contributed by atoms with Crippen LogP contribution in [-0.4, -0.2) is 66.1 Å². The van der Waals surface area contributed by atoms with E-state index in [0.29, 0.717) is 74.5 Å². The number of anilines is 1. The lowest BCUT2D eigenvalue weighted by Crippen LogP contribution is -2.61. The van der Waals surface area contributed by atoms with Gasteiger partial charge in [-0.1, -0.05) is 19.4 Å². The molecule has 2 unspecified atom stereocenters. The lowest BCUT2D eigenvalue weighted by atomic mass is 9.62. The fourth-order valence-corrected chi connectivity index (χ4v) is 7.19. The molecule has 2 fully saturated rings. The number of ether oxygens (including phenoxy) is 1. The summed E-state index contributed by atoms with van der Waals surface area (Å²) in [6.07, 6.45) is -1.01. The normalized spacial score (nSPS) is 24.0. The molecule has 1 amide bonds. The second kappa shape index (κ2) is 11.4. The molecule has 6 rings (SSSR count). The van der Waals surface area contributed by atoms with Crippen LogP contribution in [0.25, 0.3) is 11.3 Å². The van der Waals surface area contributed by atoms with E-state index in [2.05, 4.69) is 10.3 Å². The van der Waals surface area contributed by atoms with Gasteiger partial charge in [-0.2, -0.15) is 13.2 Å². The maximum atomic E-state index is 14.1. The minimum absolute atomic E-state index is 0.00447. The van der Waals surface area contributed by atoms with E-state index >= 15 is 0 Å². The van der Waals surface area contributed by atoms with Gasteiger partial charge in [-0.15, -0.1) is 0 Å². The number of aromatic nitrogens is 2. The van der Waals surface area contributed by atoms with E-state index in [1.165, 1.54) is 6.07 Å². The third kappa shape index (κ3) is 5.21. The molecule has 2 saturated heterocycles. The first-order chi connectivity index (χ1) is 20.7. The number of carbonyl (C=O) groups is 1. The van der Waals surface area contributed by atoms with Crippen molar-refractivity contribution < 1.29 is 27.1 Å². The van der Waals surface area contributed by atoms with Crippen LogP contribution < -0.4 is 15.0 Å². The van der Waals surface area contributed by atoms with Crippen LogP contribution in [0.2, 0.25) is 0 Å². The van der Waals surface area contributed by atoms with Crippen molar-refractivity contribution >= 4 is 11.6 Å². The van der Waals surface area contributed by atoms with Gasteiger partial charge >= 0.3 is 6.18 Å². The minimum atomic E-state index is -4.68. The molecule has 11 heteroatoms. The number of piperidine rings is 1. The van der Waals surface area contributed by atoms with Crippen molar-refractivity contribution in [2.24, 2.45) is 5.92 Å². The van der Waals surface area contributed by atoms with Gasteiger partial charge in [0.05, 0.1) is 23.4 Å². The van der Waals surface area contributed by atoms with Gasteiger partial charge in [-0.25, -0.2) is 14.4 Å². The van der Waals surface area contributed by atoms with Crippen LogP contribution in [0.15, 0.2) is 48.7 Å². The Hall–Kier alpha value is -3.73. The molecule has 0 aliphatic carbocycles. The first-order valence-corrected chi connectivity index (χ1v) is 14.9. The zero-order valence-electron chi connectivity index (χ0n) is 24.3. The van der Waals surface area contributed by atoms with Crippen molar-refractivity contribution in [1.82, 2.24) is 20.2 Å². The Kier molecular flexibility index (Phi) is 7.78. The van der Waals surface area contributed by atoms with E-state index in [4.69, 9.17) is 9.72 Å². The first kappa shape index (κ1) is 29.3. The standard InChI is InChI=1S/C32H35F4N5O2/c1-3-20-18-40(27-10-7-21(33)16-25(27)32(34,35)36)15-12-31(20)19-41(22-11-14-37-17-22)30(42)28-24(31)8-9-26(39-28)23-6-5-13-38-29(23)43-4-2/h5-10,13,16,20,22,37H,3-4,11-12,14-15,17-19H2,1-2H3/t20?,22-,31?/m0/s1. The molecule has 3 aliphatic rings. The highest BCUT2D eigenvalue weighted by atomic mass is 19.4. The molecule has 3 aliphatic heterocycles. The second-order valence-corrected chi connectivity index (χ2v) is 11.6. The van der Waals surface area contributed by atoms with Crippen molar-refractivity contribution in [2.45, 2.75) is 50.7 Å². The molecule has 228 valence electrons. The number of hydrogen-bond acceptors (Lipinski definition) is 6. The quantitative estimate of drug-likeness (QED) is 0.368. The van der Waals surface area contributed by atoms with Gasteiger partial charge in [-0.3, -0.25) is 4.79 Å². The van der Waals surface area contributed by atoms with E-state index in [1.807, 2.05) is 36.9 Å². The van der Waals surface area contributed by atoms with E-state index in [1.54, 1.807) is 17.2 Å². The highest BCUT2D eigenvalue weighted by Crippen LogP contribution is 2.49. The van der Waals surface area contributed by atoms with Crippen LogP contribution in [0, 0.1) is 11.7 Å². The van der Waals surface area contributed by atoms with Gasteiger partial charge in [0.1, 0.15) is 11.5 Å². The predicted octanol–water partition coefficient (Wildman–Crippen LogP) is 5.69. The largest absolute Gasteiger partial charge is 0.477 e. The molecule has 7 nitrogen and oxygen atoms in total. The molecular weight excluding hydrogens is 562 g/mol. The highest BCUT2D eigenvalue weighted by Gasteiger charge is 2.52. The van der Waals surface area contributed by atoms with Crippen LogP contribution in [-0.2, 0) is 11.6 Å². The minimum Gasteiger partial charge on any atom is -0.477 e. The number of alkyl halides is 3. The van der Waals surface area contributed by atoms with Crippen molar-refractivity contribution in [3.8, 4) is 17.1 Å². The predicted molar refractivity (Wildman–Crippen MR) is 155 cm³/mol. The van der Waals surface area contributed by atoms with Gasteiger partial charge in [0.15, 0.2) is 0 Å². The molecule has 5 heterocycles. The molecule has 0 bridgehead atoms. The summed E-state index contributed by atoms with van der Waals surface area (Å²) in [5.74, 6) is -0.693. The summed E-state index contributed by atoms with van der Waals surface area (Å²) in [4.78, 5) is 27.1. The van der Waals surface area contributed by atoms with Crippen LogP contribution >= 0.6 is 0 Å². The fourth-order valence-electron chi connectivity index (χ4n) is 7.19. The van der Waals surface area contributed by atoms with E-state index in [0.717, 1.165) is 24.6 Å². The summed E-state index contributed by atoms with van der Waals surface area (Å²) in [5.41, 5.74) is 1.00. The summed E-state index contributed by atoms with van der Waals surface area (Å²) in [6.45, 7) is 6.98. The van der Waals surface area contributed by atoms with Crippen LogP contribution in [0.3, 0.4) is 0 Å². The van der Waals surface area contributed by atoms with Gasteiger partial charge in [0.25, 0.3) is 5.91 Å². The Balaban J connectivity index is 1.43. The zero-order chi connectivity index (χ0) is 30.4. The average molecular weight is 598 g/mol. The van der Waals surface area contributed by atoms with Gasteiger partial charge in [-0.05, 0) is 74.2 Å². The third-order valence-electron chi connectivity index (χ3n) is 9.30. The molecule has 1 spiro atoms. The Morgan fingerprint density at radius 1 is 1.16 bits per heavy atom. The van der Waals surface area contributed by atoms with Gasteiger partial charge in [0, 0.05) is 49.5 Å². The second-order valence-electron chi connectivity index (χ2n) is 11.6. The summed E-state index contributed by atoms with van der Waals surface area (Å²) in [5, 5.41) is 3.36. The lowest BCUT2D eigenvalue weighted by Gasteiger charge is -2.54. The Labute approximate surface area is 248 Å². The maximum absolute atomic E-state index is 14.1. The molecule has 0 saturated carbocycles. The lowest BCUT2D eigenvalue weighted by molar-refractivity contribution is -0.137. The van der Waals surface area contributed by atoms with Crippen molar-refractivity contribution in [1.29, 1.82) is 0 Å². The van der Waals surface area contributed by atoms with E-state index in [-0.39, 0.29) is 23.6 Å². The molecule has 0 radical (unpaired) electrons. The molecule has 2 aromatic heterocycles. The van der Waals surface area contributed by atoms with Crippen LogP contribution in [0.4, 0.5) is 23.2 Å². The smallest absolute Gasteiger partial charge is 0.418 e. The fraction of sp³-hybridized carbons (Fsp3) is 0.469. The highest BCUT2D eigenvalue weighted by molar-refractivity contribution is 5.96. The SMILES string of the molecule is CCOc1ncccc1-c1ccc2c(n1)C(=O)N([C@H]1CCNC1)CC21CCN(c2ccc(F)cc2C(F)(F)F)CC1CC. The number of carbonyl (C=O) groups excluding carboxylic acids is 1. The number of amides is 1. The Bertz CT molecular complexity index is 1510. The molecule has 1 aromatic carbocycles. The number of pyridine rings is 2. The van der Waals surface area contributed by atoms with E-state index in [9.17, 15) is 22.4 Å². The summed E-state index contributed by atoms with van der Waals surface area (Å²) in [7, 11) is 0. The summed E-state index contributed by atoms with van der Waals surface area (Å²) >= 11 is 0. The molecule has 43 heavy (non-hydrogen) atoms. The number of fused-ring (bicyclic) bond motifs is 2. The van der Waals surface area contributed by atoms with Gasteiger partial charge < -0.3 is 19.9 Å². The average Bonchev–Trinajstić information content (AvgIpc) is 3.54. The summed E-state index contributed by atoms with van der Waals surface area (Å²) in [6, 6.07) is 10.4. The number of hydrogen-bond donors (Lipinski definition) is 1. The van der Waals surface area contributed by atoms with Crippen molar-refractivity contribution in [3.63, 3.8) is 0 Å². The van der Waals surface area contributed by atoms with Crippen LogP contribution in [0.5, 0.6) is 5.88 Å². The number of nitrogens with one attached hydrogen (secondary N) is 1. The van der Waals surface area contributed by atoms with Crippen molar-refractivity contribution in [3.05, 3.63) is 71.3 Å². The van der Waals surface area contributed by atoms with Gasteiger partial charge in [0.2, 0.25) is 5.88 Å².